The van der Waals surface area contributed by atoms with Crippen LogP contribution in [0.2, 0.25) is 0 Å². The molecule has 4 nitrogen and oxygen atoms in total. The molecule has 0 unspecified atom stereocenters. The predicted octanol–water partition coefficient (Wildman–Crippen LogP) is 3.37. The highest BCUT2D eigenvalue weighted by atomic mass is 32.1. The molecule has 5 rings (SSSR count). The Hall–Kier alpha value is -3.44. The van der Waals surface area contributed by atoms with Crippen LogP contribution in [0.25, 0.3) is 22.9 Å². The summed E-state index contributed by atoms with van der Waals surface area (Å²) in [6.45, 7) is 0. The summed E-state index contributed by atoms with van der Waals surface area (Å²) in [7, 11) is 0. The third-order valence-electron chi connectivity index (χ3n) is 4.58. The molecule has 4 aromatic rings. The summed E-state index contributed by atoms with van der Waals surface area (Å²) in [5.74, 6) is -0.0400. The smallest absolute Gasteiger partial charge is 0.315 e. The molecular weight excluding hydrogens is 356 g/mol. The second-order valence-corrected chi connectivity index (χ2v) is 7.27. The molecule has 0 fully saturated rings. The number of rotatable bonds is 2. The number of hydrogen-bond acceptors (Lipinski definition) is 4. The topological polar surface area (TPSA) is 54.6 Å². The third kappa shape index (κ3) is 2.60. The first-order valence-electron chi connectivity index (χ1n) is 8.51. The molecular formula is C22H14N2O2S. The van der Waals surface area contributed by atoms with Gasteiger partial charge in [-0.1, -0.05) is 53.8 Å². The van der Waals surface area contributed by atoms with Gasteiger partial charge in [0.05, 0.1) is 21.6 Å². The minimum atomic E-state index is -0.216. The van der Waals surface area contributed by atoms with Gasteiger partial charge in [-0.15, -0.1) is 0 Å². The van der Waals surface area contributed by atoms with E-state index in [-0.39, 0.29) is 10.8 Å². The molecule has 1 aromatic heterocycles. The Bertz CT molecular complexity index is 1350. The van der Waals surface area contributed by atoms with E-state index in [1.165, 1.54) is 4.57 Å². The molecule has 27 heavy (non-hydrogen) atoms. The van der Waals surface area contributed by atoms with Crippen LogP contribution in [0.5, 0.6) is 5.88 Å². The fourth-order valence-electron chi connectivity index (χ4n) is 3.32. The lowest BCUT2D eigenvalue weighted by molar-refractivity contribution is 0.440. The van der Waals surface area contributed by atoms with Crippen molar-refractivity contribution in [2.75, 3.05) is 0 Å². The van der Waals surface area contributed by atoms with Crippen molar-refractivity contribution in [1.82, 2.24) is 4.57 Å². The van der Waals surface area contributed by atoms with E-state index in [0.29, 0.717) is 10.6 Å². The first-order valence-corrected chi connectivity index (χ1v) is 9.32. The molecule has 0 saturated carbocycles. The van der Waals surface area contributed by atoms with Crippen LogP contribution in [0, 0.1) is 0 Å². The Labute approximate surface area is 158 Å². The summed E-state index contributed by atoms with van der Waals surface area (Å²) >= 11 is 1.03. The average Bonchev–Trinajstić information content (AvgIpc) is 3.19. The van der Waals surface area contributed by atoms with Gasteiger partial charge in [0, 0.05) is 11.1 Å². The lowest BCUT2D eigenvalue weighted by atomic mass is 10.0. The van der Waals surface area contributed by atoms with Crippen molar-refractivity contribution < 1.29 is 5.11 Å². The van der Waals surface area contributed by atoms with E-state index >= 15 is 0 Å². The molecule has 1 aliphatic heterocycles. The number of para-hydroxylation sites is 2. The molecule has 0 bridgehead atoms. The molecule has 5 heteroatoms. The Kier molecular flexibility index (Phi) is 3.55. The van der Waals surface area contributed by atoms with Gasteiger partial charge in [-0.2, -0.15) is 0 Å². The van der Waals surface area contributed by atoms with Crippen molar-refractivity contribution in [2.24, 2.45) is 4.99 Å². The lowest BCUT2D eigenvalue weighted by Crippen LogP contribution is -2.09. The molecule has 130 valence electrons. The van der Waals surface area contributed by atoms with Crippen molar-refractivity contribution in [3.63, 3.8) is 0 Å². The Morgan fingerprint density at radius 1 is 0.926 bits per heavy atom. The summed E-state index contributed by atoms with van der Waals surface area (Å²) < 4.78 is 1.33. The molecule has 0 spiro atoms. The monoisotopic (exact) mass is 370 g/mol. The van der Waals surface area contributed by atoms with E-state index in [9.17, 15) is 9.90 Å². The predicted molar refractivity (Wildman–Crippen MR) is 107 cm³/mol. The van der Waals surface area contributed by atoms with Gasteiger partial charge in [-0.25, -0.2) is 9.56 Å². The molecule has 1 N–H and O–H groups in total. The van der Waals surface area contributed by atoms with Crippen LogP contribution >= 0.6 is 11.3 Å². The average molecular weight is 370 g/mol. The third-order valence-corrected chi connectivity index (χ3v) is 5.46. The van der Waals surface area contributed by atoms with Crippen LogP contribution in [0.4, 0.5) is 5.69 Å². The standard InChI is InChI=1S/C22H14N2O2S/c25-21-20(27-22(26)24(21)15-6-2-1-3-7-15)13-14-10-11-19-17(12-14)16-8-4-5-9-18(16)23-19/h1-13,25H. The normalized spacial score (nSPS) is 12.5. The summed E-state index contributed by atoms with van der Waals surface area (Å²) in [5, 5.41) is 12.5. The number of aromatic nitrogens is 1. The summed E-state index contributed by atoms with van der Waals surface area (Å²) in [6.07, 6.45) is 1.84. The van der Waals surface area contributed by atoms with E-state index in [1.807, 2.05) is 60.7 Å². The van der Waals surface area contributed by atoms with Crippen molar-refractivity contribution in [1.29, 1.82) is 0 Å². The van der Waals surface area contributed by atoms with E-state index in [1.54, 1.807) is 12.1 Å². The fourth-order valence-corrected chi connectivity index (χ4v) is 4.17. The fraction of sp³-hybridized carbons (Fsp3) is 0. The van der Waals surface area contributed by atoms with Crippen LogP contribution in [0.15, 0.2) is 82.6 Å². The van der Waals surface area contributed by atoms with Crippen molar-refractivity contribution in [3.8, 4) is 22.7 Å². The Morgan fingerprint density at radius 3 is 2.56 bits per heavy atom. The largest absolute Gasteiger partial charge is 0.493 e. The van der Waals surface area contributed by atoms with Crippen molar-refractivity contribution in [2.45, 2.75) is 0 Å². The number of nitrogens with zero attached hydrogens (tertiary/aromatic N) is 2. The maximum absolute atomic E-state index is 12.4. The molecule has 0 saturated heterocycles. The van der Waals surface area contributed by atoms with E-state index in [2.05, 4.69) is 11.1 Å². The quantitative estimate of drug-likeness (QED) is 0.518. The highest BCUT2D eigenvalue weighted by Gasteiger charge is 2.15. The van der Waals surface area contributed by atoms with E-state index < -0.39 is 0 Å². The second kappa shape index (κ2) is 6.07. The molecule has 0 aliphatic carbocycles. The summed E-state index contributed by atoms with van der Waals surface area (Å²) in [6, 6.07) is 23.1. The zero-order valence-corrected chi connectivity index (χ0v) is 15.0. The van der Waals surface area contributed by atoms with Gasteiger partial charge >= 0.3 is 4.87 Å². The number of benzene rings is 3. The van der Waals surface area contributed by atoms with Crippen LogP contribution in [-0.4, -0.2) is 9.67 Å². The lowest BCUT2D eigenvalue weighted by Gasteiger charge is -2.02. The van der Waals surface area contributed by atoms with Gasteiger partial charge in [0.15, 0.2) is 0 Å². The van der Waals surface area contributed by atoms with Gasteiger partial charge in [-0.3, -0.25) is 4.79 Å². The van der Waals surface area contributed by atoms with E-state index in [4.69, 9.17) is 0 Å². The zero-order valence-electron chi connectivity index (χ0n) is 14.2. The maximum atomic E-state index is 12.4. The molecule has 3 aromatic carbocycles. The first kappa shape index (κ1) is 15.8. The number of fused-ring (bicyclic) bond motifs is 3. The van der Waals surface area contributed by atoms with Gasteiger partial charge in [-0.05, 0) is 41.6 Å². The van der Waals surface area contributed by atoms with Crippen molar-refractivity contribution >= 4 is 23.1 Å². The SMILES string of the molecule is O=c1sc(C=c2ccc3c(c2)-c2ccccc2N=3)c(O)n1-c1ccccc1. The molecule has 0 amide bonds. The highest BCUT2D eigenvalue weighted by Crippen LogP contribution is 2.31. The second-order valence-electron chi connectivity index (χ2n) is 6.28. The van der Waals surface area contributed by atoms with Crippen LogP contribution in [0.1, 0.15) is 4.88 Å². The van der Waals surface area contributed by atoms with Gasteiger partial charge in [0.1, 0.15) is 0 Å². The zero-order chi connectivity index (χ0) is 18.4. The number of aromatic hydroxyl groups is 1. The minimum absolute atomic E-state index is 0.0400. The Morgan fingerprint density at radius 2 is 1.70 bits per heavy atom. The maximum Gasteiger partial charge on any atom is 0.315 e. The summed E-state index contributed by atoms with van der Waals surface area (Å²) in [4.78, 5) is 17.3. The molecule has 1 aliphatic rings. The summed E-state index contributed by atoms with van der Waals surface area (Å²) in [5.41, 5.74) is 3.78. The van der Waals surface area contributed by atoms with Gasteiger partial charge in [0.2, 0.25) is 5.88 Å². The highest BCUT2D eigenvalue weighted by molar-refractivity contribution is 7.10. The van der Waals surface area contributed by atoms with Crippen LogP contribution in [-0.2, 0) is 0 Å². The van der Waals surface area contributed by atoms with Gasteiger partial charge < -0.3 is 5.11 Å². The minimum Gasteiger partial charge on any atom is -0.493 e. The molecule has 0 radical (unpaired) electrons. The molecule has 2 heterocycles. The Balaban J connectivity index is 1.65. The van der Waals surface area contributed by atoms with E-state index in [0.717, 1.165) is 38.7 Å². The van der Waals surface area contributed by atoms with Crippen LogP contribution in [0.3, 0.4) is 0 Å². The first-order chi connectivity index (χ1) is 13.2. The van der Waals surface area contributed by atoms with Gasteiger partial charge in [0.25, 0.3) is 0 Å². The number of thiazole rings is 1. The van der Waals surface area contributed by atoms with Crippen LogP contribution < -0.4 is 15.4 Å². The van der Waals surface area contributed by atoms with Crippen molar-refractivity contribution in [3.05, 3.63) is 97.9 Å². The molecule has 0 atom stereocenters. The number of hydrogen-bond donors (Lipinski definition) is 1.